The summed E-state index contributed by atoms with van der Waals surface area (Å²) in [5.74, 6) is -1.63. The molecule has 100 heavy (non-hydrogen) atoms. The molecular formula is C57H87NaO41S. The van der Waals surface area contributed by atoms with Crippen LogP contribution in [0.1, 0.15) is 12.0 Å². The number of carboxylic acid groups (broad SMARTS) is 1. The smallest absolute Gasteiger partial charge is 0.550 e. The van der Waals surface area contributed by atoms with Gasteiger partial charge in [0.15, 0.2) is 50.3 Å². The number of hydrogen-bond acceptors (Lipinski definition) is 42. The van der Waals surface area contributed by atoms with E-state index in [1.165, 1.54) is 0 Å². The van der Waals surface area contributed by atoms with Crippen LogP contribution in [-0.4, -0.2) is 421 Å². The Bertz CT molecular complexity index is 2680. The Morgan fingerprint density at radius 2 is 0.510 bits per heavy atom. The molecule has 30 aliphatic heterocycles. The maximum atomic E-state index is 12.0. The molecule has 1 aromatic carbocycles. The summed E-state index contributed by atoms with van der Waals surface area (Å²) >= 11 is 1.00. The molecule has 31 rings (SSSR count). The van der Waals surface area contributed by atoms with Gasteiger partial charge in [-0.1, -0.05) is 12.1 Å². The number of aliphatic hydroxyl groups excluding tert-OH is 23. The molecule has 16 bridgehead atoms. The molecule has 0 unspecified atom stereocenters. The molecule has 0 amide bonds. The van der Waals surface area contributed by atoms with Crippen molar-refractivity contribution in [2.45, 2.75) is 263 Å². The van der Waals surface area contributed by atoms with Crippen LogP contribution in [0.2, 0.25) is 0 Å². The second-order valence-electron chi connectivity index (χ2n) is 25.1. The number of benzene rings is 1. The van der Waals surface area contributed by atoms with E-state index in [9.17, 15) is 127 Å². The number of aliphatic carboxylic acids is 1. The predicted molar refractivity (Wildman–Crippen MR) is 304 cm³/mol. The van der Waals surface area contributed by atoms with Crippen LogP contribution >= 0.6 is 11.8 Å². The van der Waals surface area contributed by atoms with Crippen molar-refractivity contribution in [3.63, 3.8) is 0 Å². The molecular weight excluding hydrogens is 1400 g/mol. The number of carboxylic acids is 1. The van der Waals surface area contributed by atoms with Gasteiger partial charge < -0.3 is 203 Å². The van der Waals surface area contributed by atoms with Crippen molar-refractivity contribution in [3.8, 4) is 0 Å². The van der Waals surface area contributed by atoms with Crippen molar-refractivity contribution in [2.24, 2.45) is 0 Å². The van der Waals surface area contributed by atoms with Gasteiger partial charge in [-0.05, 0) is 30.5 Å². The van der Waals surface area contributed by atoms with Crippen LogP contribution in [0.25, 0.3) is 0 Å². The molecule has 43 heteroatoms. The number of ether oxygens (including phenoxy) is 16. The largest absolute Gasteiger partial charge is 1.00 e. The van der Waals surface area contributed by atoms with E-state index in [0.29, 0.717) is 10.5 Å². The minimum Gasteiger partial charge on any atom is -0.550 e. The Balaban J connectivity index is 0.0000117. The van der Waals surface area contributed by atoms with Gasteiger partial charge in [0.1, 0.15) is 189 Å². The topological polar surface area (TPSA) is 653 Å². The first kappa shape index (κ1) is 82.5. The SMILES string of the molecule is O=C([O-])CCc1cccc(SC[C@H]2O[C@@H]3O[C@H]4[C@H](O)[C@@H](O)[C@@H](O[C@H]5[C@H](O)[C@@H](O)[C@@H](O[C@H]6[C@H](O)[C@@H](O)[C@@H](O[C@H]7[C@H](O)[C@@H](O)[C@@H](O[C@H]8[C@H](O)[C@@H](O)[C@@H](O[C@H]9[C@H](O)[C@@H](O)[C@@H](O[C@H]%10[C@H](O)[C@@H](O)[C@@H](O[C@H]2[C@H](O)[C@H]3O)O[C@@H]%10CO)O[C@@H]9CO)O[C@@H]8CO)O[C@@H]7CO)O[C@@H]6CO)O[C@@H]5CO)O[C@@H]4CO)c1.[Na+]. The molecule has 0 saturated carbocycles. The van der Waals surface area contributed by atoms with Crippen molar-refractivity contribution in [2.75, 3.05) is 52.0 Å². The van der Waals surface area contributed by atoms with Gasteiger partial charge in [-0.3, -0.25) is 0 Å². The Hall–Kier alpha value is -1.52. The van der Waals surface area contributed by atoms with Gasteiger partial charge in [0.25, 0.3) is 0 Å². The van der Waals surface area contributed by atoms with Crippen LogP contribution < -0.4 is 34.7 Å². The summed E-state index contributed by atoms with van der Waals surface area (Å²) in [4.78, 5) is 11.8. The molecule has 30 fully saturated rings. The number of carbonyl (C=O) groups is 1. The zero-order valence-corrected chi connectivity index (χ0v) is 55.8. The number of aryl methyl sites for hydroxylation is 1. The Kier molecular flexibility index (Phi) is 29.8. The number of carbonyl (C=O) groups excluding carboxylic acids is 1. The van der Waals surface area contributed by atoms with E-state index in [4.69, 9.17) is 75.8 Å². The molecule has 0 spiro atoms. The van der Waals surface area contributed by atoms with E-state index < -0.39 is 298 Å². The van der Waals surface area contributed by atoms with E-state index in [1.54, 1.807) is 24.3 Å². The van der Waals surface area contributed by atoms with Crippen molar-refractivity contribution >= 4 is 17.7 Å². The molecule has 1 aromatic rings. The van der Waals surface area contributed by atoms with Crippen LogP contribution in [0.4, 0.5) is 0 Å². The summed E-state index contributed by atoms with van der Waals surface area (Å²) in [7, 11) is 0. The molecule has 40 atom stereocenters. The van der Waals surface area contributed by atoms with Gasteiger partial charge in [0, 0.05) is 16.6 Å². The summed E-state index contributed by atoms with van der Waals surface area (Å²) < 4.78 is 93.1. The molecule has 30 heterocycles. The van der Waals surface area contributed by atoms with Gasteiger partial charge in [-0.2, -0.15) is 0 Å². The average molecular weight is 1480 g/mol. The van der Waals surface area contributed by atoms with E-state index in [0.717, 1.165) is 11.8 Å². The molecule has 41 nitrogen and oxygen atoms in total. The van der Waals surface area contributed by atoms with Gasteiger partial charge in [0.05, 0.1) is 52.4 Å². The molecule has 0 radical (unpaired) electrons. The summed E-state index contributed by atoms with van der Waals surface area (Å²) in [6, 6.07) is 6.45. The van der Waals surface area contributed by atoms with Crippen molar-refractivity contribution in [3.05, 3.63) is 29.8 Å². The average Bonchev–Trinajstić information content (AvgIpc) is 0.779. The second-order valence-corrected chi connectivity index (χ2v) is 26.2. The molecule has 23 N–H and O–H groups in total. The molecule has 0 aliphatic carbocycles. The first-order valence-corrected chi connectivity index (χ1v) is 32.7. The summed E-state index contributed by atoms with van der Waals surface area (Å²) in [5, 5.41) is 270. The van der Waals surface area contributed by atoms with Crippen LogP contribution in [0.5, 0.6) is 0 Å². The van der Waals surface area contributed by atoms with Crippen LogP contribution in [-0.2, 0) is 87.0 Å². The summed E-state index contributed by atoms with van der Waals surface area (Å²) in [5.41, 5.74) is 0.549. The van der Waals surface area contributed by atoms with Gasteiger partial charge in [0.2, 0.25) is 0 Å². The predicted octanol–water partition coefficient (Wildman–Crippen LogP) is -18.9. The van der Waals surface area contributed by atoms with Crippen molar-refractivity contribution in [1.82, 2.24) is 0 Å². The molecule has 0 aromatic heterocycles. The van der Waals surface area contributed by atoms with Crippen LogP contribution in [0.3, 0.4) is 0 Å². The Morgan fingerprint density at radius 3 is 0.710 bits per heavy atom. The van der Waals surface area contributed by atoms with E-state index in [-0.39, 0.29) is 48.2 Å². The third-order valence-electron chi connectivity index (χ3n) is 18.6. The minimum absolute atomic E-state index is 0. The zero-order valence-electron chi connectivity index (χ0n) is 53.0. The second kappa shape index (κ2) is 36.1. The number of rotatable bonds is 13. The van der Waals surface area contributed by atoms with Crippen LogP contribution in [0, 0.1) is 0 Å². The Labute approximate surface area is 593 Å². The monoisotopic (exact) mass is 1480 g/mol. The van der Waals surface area contributed by atoms with E-state index >= 15 is 0 Å². The van der Waals surface area contributed by atoms with Crippen LogP contribution in [0.15, 0.2) is 29.2 Å². The fourth-order valence-electron chi connectivity index (χ4n) is 13.1. The molecule has 30 aliphatic rings. The zero-order chi connectivity index (χ0) is 71.7. The van der Waals surface area contributed by atoms with Crippen molar-refractivity contribution < 1.29 is 233 Å². The fraction of sp³-hybridized carbons (Fsp3) is 0.877. The number of thioether (sulfide) groups is 1. The number of hydrogen-bond donors (Lipinski definition) is 23. The quantitative estimate of drug-likeness (QED) is 0.0644. The summed E-state index contributed by atoms with van der Waals surface area (Å²) in [6.45, 7) is -7.63. The summed E-state index contributed by atoms with van der Waals surface area (Å²) in [6.07, 6.45) is -82.5. The third-order valence-corrected chi connectivity index (χ3v) is 19.7. The first-order valence-electron chi connectivity index (χ1n) is 31.7. The molecule has 568 valence electrons. The van der Waals surface area contributed by atoms with Gasteiger partial charge in [-0.25, -0.2) is 0 Å². The normalized spacial score (nSPS) is 50.0. The standard InChI is InChI=1S/C57H88O41S.Na/c58-7-17-42-26(67)34(75)50(83-17)92-43-18(8-59)85-52(36(77)28(43)69)94-45-20(10-61)87-54(38(79)30(45)71)96-47-22(12-63)89-56(40(81)32(47)73)98-49-24(14-99-16-3-1-2-15(6-16)4-5-25(65)66)90-57(41(82)33(49)74)97-48-23(13-64)88-55(39(80)31(48)72)95-46-21(11-62)86-53(37(78)29(46)70)93-44-19(9-60)84-51(91-42)35(76)27(44)68;/h1-3,6,17-24,26-64,67-82H,4-5,7-14H2,(H,65,66);/q;+1/p-1/t17-,18-,19-,20-,21-,22-,23-,24-,26-,27-,28-,29-,30-,31-,32-,33-,34-,35-,36-,37-,38-,39-,40-,41-,42-,43-,44-,45-,46-,47-,48-,49-,50-,51-,52-,53-,54-,55-,56-,57-;/m1./s1. The maximum Gasteiger partial charge on any atom is 1.00 e. The Morgan fingerprint density at radius 1 is 0.310 bits per heavy atom. The van der Waals surface area contributed by atoms with E-state index in [1.807, 2.05) is 0 Å². The fourth-order valence-corrected chi connectivity index (χ4v) is 14.1. The van der Waals surface area contributed by atoms with Crippen molar-refractivity contribution in [1.29, 1.82) is 0 Å². The third kappa shape index (κ3) is 17.5. The van der Waals surface area contributed by atoms with Gasteiger partial charge in [-0.15, -0.1) is 11.8 Å². The minimum atomic E-state index is -2.27. The molecule has 30 saturated heterocycles. The van der Waals surface area contributed by atoms with E-state index in [2.05, 4.69) is 0 Å². The first-order chi connectivity index (χ1) is 47.2. The maximum absolute atomic E-state index is 12.0. The number of aliphatic hydroxyl groups is 23. The van der Waals surface area contributed by atoms with Gasteiger partial charge >= 0.3 is 29.6 Å².